The zero-order chi connectivity index (χ0) is 21.7. The van der Waals surface area contributed by atoms with Crippen LogP contribution < -0.4 is 4.90 Å². The van der Waals surface area contributed by atoms with Crippen molar-refractivity contribution in [3.05, 3.63) is 29.8 Å². The highest BCUT2D eigenvalue weighted by atomic mass is 19.4. The molecule has 1 N–H and O–H groups in total. The average Bonchev–Trinajstić information content (AvgIpc) is 2.92. The van der Waals surface area contributed by atoms with Gasteiger partial charge in [0.25, 0.3) is 5.91 Å². The van der Waals surface area contributed by atoms with Gasteiger partial charge in [0.1, 0.15) is 5.71 Å². The maximum atomic E-state index is 13.8. The van der Waals surface area contributed by atoms with E-state index in [4.69, 9.17) is 0 Å². The van der Waals surface area contributed by atoms with Crippen molar-refractivity contribution in [1.82, 2.24) is 5.01 Å². The zero-order valence-corrected chi connectivity index (χ0v) is 16.1. The Morgan fingerprint density at radius 1 is 1.11 bits per heavy atom. The van der Waals surface area contributed by atoms with E-state index in [-0.39, 0.29) is 5.56 Å². The minimum atomic E-state index is -5.89. The Bertz CT molecular complexity index is 782. The van der Waals surface area contributed by atoms with Crippen molar-refractivity contribution < 1.29 is 31.9 Å². The summed E-state index contributed by atoms with van der Waals surface area (Å²) >= 11 is 0. The normalized spacial score (nSPS) is 21.0. The second-order valence-corrected chi connectivity index (χ2v) is 7.92. The number of halogens is 5. The van der Waals surface area contributed by atoms with E-state index in [0.717, 1.165) is 5.69 Å². The van der Waals surface area contributed by atoms with Gasteiger partial charge < -0.3 is 10.0 Å². The van der Waals surface area contributed by atoms with Crippen LogP contribution in [0.5, 0.6) is 0 Å². The van der Waals surface area contributed by atoms with Gasteiger partial charge in [-0.05, 0) is 24.3 Å². The van der Waals surface area contributed by atoms with Gasteiger partial charge >= 0.3 is 12.1 Å². The number of carbonyl (C=O) groups excluding carboxylic acids is 1. The van der Waals surface area contributed by atoms with E-state index < -0.39 is 41.3 Å². The molecule has 1 heterocycles. The summed E-state index contributed by atoms with van der Waals surface area (Å²) in [6, 6.07) is 5.93. The smallest absolute Gasteiger partial charge is 0.378 e. The number of alkyl halides is 5. The molecular formula is C18H22F5N3O2. The highest BCUT2D eigenvalue weighted by molar-refractivity contribution is 6.00. The first-order valence-electron chi connectivity index (χ1n) is 8.39. The fourth-order valence-electron chi connectivity index (χ4n) is 2.71. The minimum absolute atomic E-state index is 0.00593. The van der Waals surface area contributed by atoms with E-state index in [1.165, 1.54) is 32.9 Å². The molecule has 1 aliphatic rings. The minimum Gasteiger partial charge on any atom is -0.378 e. The molecule has 0 bridgehead atoms. The molecule has 2 rings (SSSR count). The molecule has 0 radical (unpaired) electrons. The van der Waals surface area contributed by atoms with Gasteiger partial charge in [-0.2, -0.15) is 32.1 Å². The maximum Gasteiger partial charge on any atom is 0.459 e. The lowest BCUT2D eigenvalue weighted by Gasteiger charge is -2.41. The number of benzene rings is 1. The summed E-state index contributed by atoms with van der Waals surface area (Å²) in [6.45, 7) is 4.27. The molecule has 5 nitrogen and oxygen atoms in total. The van der Waals surface area contributed by atoms with Crippen LogP contribution in [0.1, 0.15) is 37.6 Å². The lowest BCUT2D eigenvalue weighted by atomic mass is 9.79. The molecule has 0 saturated heterocycles. The number of rotatable bonds is 3. The Kier molecular flexibility index (Phi) is 5.26. The summed E-state index contributed by atoms with van der Waals surface area (Å²) in [5, 5.41) is 14.5. The molecule has 1 aromatic rings. The monoisotopic (exact) mass is 407 g/mol. The molecule has 1 amide bonds. The van der Waals surface area contributed by atoms with Gasteiger partial charge in [-0.1, -0.05) is 20.8 Å². The van der Waals surface area contributed by atoms with Crippen molar-refractivity contribution in [1.29, 1.82) is 0 Å². The van der Waals surface area contributed by atoms with Crippen LogP contribution in [-0.2, 0) is 0 Å². The Morgan fingerprint density at radius 2 is 1.61 bits per heavy atom. The van der Waals surface area contributed by atoms with Crippen molar-refractivity contribution >= 4 is 17.3 Å². The second kappa shape index (κ2) is 6.68. The van der Waals surface area contributed by atoms with E-state index >= 15 is 0 Å². The van der Waals surface area contributed by atoms with E-state index in [9.17, 15) is 31.9 Å². The van der Waals surface area contributed by atoms with Crippen LogP contribution in [0.25, 0.3) is 0 Å². The van der Waals surface area contributed by atoms with Gasteiger partial charge in [0.2, 0.25) is 0 Å². The Hall–Kier alpha value is -2.23. The number of hydrogen-bond donors (Lipinski definition) is 1. The van der Waals surface area contributed by atoms with Crippen molar-refractivity contribution in [3.63, 3.8) is 0 Å². The summed E-state index contributed by atoms with van der Waals surface area (Å²) < 4.78 is 66.0. The van der Waals surface area contributed by atoms with Crippen LogP contribution in [-0.4, -0.2) is 53.7 Å². The molecule has 28 heavy (non-hydrogen) atoms. The highest BCUT2D eigenvalue weighted by Crippen LogP contribution is 2.47. The fourth-order valence-corrected chi connectivity index (χ4v) is 2.71. The van der Waals surface area contributed by atoms with Crippen LogP contribution in [0.15, 0.2) is 29.4 Å². The van der Waals surface area contributed by atoms with E-state index in [1.807, 2.05) is 0 Å². The predicted octanol–water partition coefficient (Wildman–Crippen LogP) is 3.89. The van der Waals surface area contributed by atoms with Gasteiger partial charge in [-0.3, -0.25) is 4.79 Å². The molecule has 10 heteroatoms. The number of amides is 1. The third-order valence-corrected chi connectivity index (χ3v) is 4.73. The van der Waals surface area contributed by atoms with E-state index in [2.05, 4.69) is 5.10 Å². The number of aliphatic hydroxyl groups is 1. The van der Waals surface area contributed by atoms with Gasteiger partial charge in [0.15, 0.2) is 5.72 Å². The lowest BCUT2D eigenvalue weighted by Crippen LogP contribution is -2.55. The van der Waals surface area contributed by atoms with Crippen LogP contribution in [0, 0.1) is 5.41 Å². The van der Waals surface area contributed by atoms with Crippen LogP contribution in [0.4, 0.5) is 27.6 Å². The van der Waals surface area contributed by atoms with Crippen molar-refractivity contribution in [2.24, 2.45) is 10.5 Å². The number of nitrogens with zero attached hydrogens (tertiary/aromatic N) is 3. The molecule has 0 unspecified atom stereocenters. The number of carbonyl (C=O) groups is 1. The first-order chi connectivity index (χ1) is 12.5. The zero-order valence-electron chi connectivity index (χ0n) is 16.1. The molecule has 0 fully saturated rings. The standard InChI is InChI=1S/C18H22F5N3O2/c1-15(2,3)16(28)10-13(17(19,20)18(21,22)23)24-26(16)14(27)11-6-8-12(9-7-11)25(4)5/h6-9,28H,10H2,1-5H3/t16-/m1/s1. The summed E-state index contributed by atoms with van der Waals surface area (Å²) in [5.41, 5.74) is -4.46. The Labute approximate surface area is 159 Å². The molecule has 1 aromatic carbocycles. The molecule has 0 aliphatic carbocycles. The molecule has 156 valence electrons. The third-order valence-electron chi connectivity index (χ3n) is 4.73. The van der Waals surface area contributed by atoms with E-state index in [0.29, 0.717) is 5.01 Å². The average molecular weight is 407 g/mol. The fraction of sp³-hybridized carbons (Fsp3) is 0.556. The SMILES string of the molecule is CN(C)c1ccc(C(=O)N2N=C(C(F)(F)C(F)(F)F)C[C@@]2(O)C(C)(C)C)cc1. The Balaban J connectivity index is 2.51. The maximum absolute atomic E-state index is 13.8. The quantitative estimate of drug-likeness (QED) is 0.774. The molecule has 0 aromatic heterocycles. The molecule has 0 saturated carbocycles. The number of hydrazone groups is 1. The molecule has 1 aliphatic heterocycles. The van der Waals surface area contributed by atoms with Crippen LogP contribution in [0.2, 0.25) is 0 Å². The molecule has 0 spiro atoms. The lowest BCUT2D eigenvalue weighted by molar-refractivity contribution is -0.250. The van der Waals surface area contributed by atoms with Gasteiger partial charge in [0.05, 0.1) is 0 Å². The third kappa shape index (κ3) is 3.57. The van der Waals surface area contributed by atoms with Crippen molar-refractivity contribution in [2.45, 2.75) is 45.0 Å². The number of hydrogen-bond acceptors (Lipinski definition) is 4. The first-order valence-corrected chi connectivity index (χ1v) is 8.39. The first kappa shape index (κ1) is 22.1. The van der Waals surface area contributed by atoms with Gasteiger partial charge in [-0.15, -0.1) is 0 Å². The second-order valence-electron chi connectivity index (χ2n) is 7.92. The largest absolute Gasteiger partial charge is 0.459 e. The van der Waals surface area contributed by atoms with Gasteiger partial charge in [-0.25, -0.2) is 0 Å². The van der Waals surface area contributed by atoms with Gasteiger partial charge in [0, 0.05) is 37.2 Å². The van der Waals surface area contributed by atoms with Crippen LogP contribution in [0.3, 0.4) is 0 Å². The van der Waals surface area contributed by atoms with E-state index in [1.54, 1.807) is 31.1 Å². The summed E-state index contributed by atoms with van der Waals surface area (Å²) in [6.07, 6.45) is -7.01. The Morgan fingerprint density at radius 3 is 2.00 bits per heavy atom. The van der Waals surface area contributed by atoms with Crippen LogP contribution >= 0.6 is 0 Å². The molecule has 1 atom stereocenters. The topological polar surface area (TPSA) is 56.1 Å². The van der Waals surface area contributed by atoms with Crippen molar-refractivity contribution in [3.8, 4) is 0 Å². The highest BCUT2D eigenvalue weighted by Gasteiger charge is 2.66. The number of anilines is 1. The molecular weight excluding hydrogens is 385 g/mol. The summed E-state index contributed by atoms with van der Waals surface area (Å²) in [4.78, 5) is 14.6. The summed E-state index contributed by atoms with van der Waals surface area (Å²) in [7, 11) is 3.54. The van der Waals surface area contributed by atoms with Crippen molar-refractivity contribution in [2.75, 3.05) is 19.0 Å². The summed E-state index contributed by atoms with van der Waals surface area (Å²) in [5.74, 6) is -6.24. The predicted molar refractivity (Wildman–Crippen MR) is 94.4 cm³/mol.